The van der Waals surface area contributed by atoms with Crippen LogP contribution in [-0.4, -0.2) is 41.6 Å². The van der Waals surface area contributed by atoms with Gasteiger partial charge in [-0.15, -0.1) is 0 Å². The number of amides is 1. The highest BCUT2D eigenvalue weighted by molar-refractivity contribution is 5.80. The number of rotatable bonds is 4. The lowest BCUT2D eigenvalue weighted by atomic mass is 9.80. The second-order valence-electron chi connectivity index (χ2n) is 6.68. The van der Waals surface area contributed by atoms with Gasteiger partial charge in [0.25, 0.3) is 0 Å². The Bertz CT molecular complexity index is 596. The highest BCUT2D eigenvalue weighted by Crippen LogP contribution is 2.34. The fraction of sp³-hybridized carbons (Fsp3) is 0.667. The Morgan fingerprint density at radius 1 is 1.29 bits per heavy atom. The Kier molecular flexibility index (Phi) is 5.23. The number of aliphatic carboxylic acids is 1. The zero-order valence-electron chi connectivity index (χ0n) is 14.1. The largest absolute Gasteiger partial charge is 0.481 e. The second-order valence-corrected chi connectivity index (χ2v) is 6.68. The molecule has 2 aliphatic rings. The van der Waals surface area contributed by atoms with Gasteiger partial charge in [0, 0.05) is 18.9 Å². The molecule has 0 spiro atoms. The van der Waals surface area contributed by atoms with Gasteiger partial charge in [-0.2, -0.15) is 0 Å². The van der Waals surface area contributed by atoms with E-state index in [0.717, 1.165) is 30.8 Å². The van der Waals surface area contributed by atoms with Crippen molar-refractivity contribution >= 4 is 11.9 Å². The SMILES string of the molecule is CCc1ccc(C2COCCN2C(=O)C2CCCC(C(=O)O)C2)o1. The Balaban J connectivity index is 1.74. The van der Waals surface area contributed by atoms with Crippen LogP contribution in [0.15, 0.2) is 16.5 Å². The number of aryl methyl sites for hydroxylation is 1. The van der Waals surface area contributed by atoms with Gasteiger partial charge in [-0.05, 0) is 31.4 Å². The quantitative estimate of drug-likeness (QED) is 0.915. The minimum absolute atomic E-state index is 0.0451. The molecular weight excluding hydrogens is 310 g/mol. The summed E-state index contributed by atoms with van der Waals surface area (Å²) < 4.78 is 11.4. The molecule has 1 aliphatic carbocycles. The summed E-state index contributed by atoms with van der Waals surface area (Å²) >= 11 is 0. The number of furan rings is 1. The fourth-order valence-electron chi connectivity index (χ4n) is 3.74. The molecule has 24 heavy (non-hydrogen) atoms. The van der Waals surface area contributed by atoms with Crippen LogP contribution >= 0.6 is 0 Å². The second kappa shape index (κ2) is 7.38. The van der Waals surface area contributed by atoms with E-state index in [-0.39, 0.29) is 17.9 Å². The third-order valence-electron chi connectivity index (χ3n) is 5.14. The van der Waals surface area contributed by atoms with E-state index < -0.39 is 11.9 Å². The summed E-state index contributed by atoms with van der Waals surface area (Å²) in [4.78, 5) is 26.1. The maximum atomic E-state index is 13.0. The molecule has 2 heterocycles. The minimum Gasteiger partial charge on any atom is -0.481 e. The first-order chi connectivity index (χ1) is 11.6. The Hall–Kier alpha value is -1.82. The third-order valence-corrected chi connectivity index (χ3v) is 5.14. The standard InChI is InChI=1S/C18H25NO5/c1-2-14-6-7-16(24-14)15-11-23-9-8-19(15)17(20)12-4-3-5-13(10-12)18(21)22/h6-7,12-13,15H,2-5,8-11H2,1H3,(H,21,22). The average Bonchev–Trinajstić information content (AvgIpc) is 3.10. The molecule has 1 saturated carbocycles. The predicted molar refractivity (Wildman–Crippen MR) is 86.4 cm³/mol. The van der Waals surface area contributed by atoms with Crippen LogP contribution in [0.2, 0.25) is 0 Å². The van der Waals surface area contributed by atoms with Crippen molar-refractivity contribution in [3.05, 3.63) is 23.7 Å². The molecule has 6 nitrogen and oxygen atoms in total. The number of carbonyl (C=O) groups is 2. The summed E-state index contributed by atoms with van der Waals surface area (Å²) in [7, 11) is 0. The number of carboxylic acid groups (broad SMARTS) is 1. The normalized spacial score (nSPS) is 27.9. The van der Waals surface area contributed by atoms with Crippen molar-refractivity contribution < 1.29 is 23.8 Å². The van der Waals surface area contributed by atoms with Gasteiger partial charge in [-0.25, -0.2) is 0 Å². The van der Waals surface area contributed by atoms with Crippen molar-refractivity contribution in [3.63, 3.8) is 0 Å². The molecule has 6 heteroatoms. The zero-order valence-corrected chi connectivity index (χ0v) is 14.1. The van der Waals surface area contributed by atoms with E-state index in [4.69, 9.17) is 9.15 Å². The molecule has 2 fully saturated rings. The molecule has 3 atom stereocenters. The van der Waals surface area contributed by atoms with Gasteiger partial charge in [0.15, 0.2) is 0 Å². The number of ether oxygens (including phenoxy) is 1. The lowest BCUT2D eigenvalue weighted by Crippen LogP contribution is -2.47. The molecule has 1 N–H and O–H groups in total. The monoisotopic (exact) mass is 335 g/mol. The molecule has 0 bridgehead atoms. The lowest BCUT2D eigenvalue weighted by Gasteiger charge is -2.38. The molecular formula is C18H25NO5. The molecule has 1 aromatic rings. The van der Waals surface area contributed by atoms with Crippen LogP contribution in [-0.2, 0) is 20.7 Å². The average molecular weight is 335 g/mol. The lowest BCUT2D eigenvalue weighted by molar-refractivity contribution is -0.150. The molecule has 1 amide bonds. The number of hydrogen-bond acceptors (Lipinski definition) is 4. The molecule has 3 rings (SSSR count). The van der Waals surface area contributed by atoms with Crippen molar-refractivity contribution in [2.75, 3.05) is 19.8 Å². The van der Waals surface area contributed by atoms with E-state index in [1.165, 1.54) is 0 Å². The van der Waals surface area contributed by atoms with Crippen molar-refractivity contribution in [3.8, 4) is 0 Å². The molecule has 0 aromatic carbocycles. The highest BCUT2D eigenvalue weighted by atomic mass is 16.5. The number of morpholine rings is 1. The van der Waals surface area contributed by atoms with Gasteiger partial charge in [-0.3, -0.25) is 9.59 Å². The van der Waals surface area contributed by atoms with E-state index in [1.54, 1.807) is 0 Å². The summed E-state index contributed by atoms with van der Waals surface area (Å²) in [6.07, 6.45) is 3.49. The van der Waals surface area contributed by atoms with E-state index in [2.05, 4.69) is 0 Å². The van der Waals surface area contributed by atoms with Gasteiger partial charge >= 0.3 is 5.97 Å². The summed E-state index contributed by atoms with van der Waals surface area (Å²) in [5.41, 5.74) is 0. The summed E-state index contributed by atoms with van der Waals surface area (Å²) in [6.45, 7) is 3.49. The van der Waals surface area contributed by atoms with Crippen molar-refractivity contribution in [2.24, 2.45) is 11.8 Å². The minimum atomic E-state index is -0.787. The van der Waals surface area contributed by atoms with Crippen LogP contribution in [0, 0.1) is 11.8 Å². The van der Waals surface area contributed by atoms with Crippen LogP contribution in [0.3, 0.4) is 0 Å². The number of hydrogen-bond donors (Lipinski definition) is 1. The van der Waals surface area contributed by atoms with Gasteiger partial charge in [0.2, 0.25) is 5.91 Å². The maximum absolute atomic E-state index is 13.0. The molecule has 1 aromatic heterocycles. The predicted octanol–water partition coefficient (Wildman–Crippen LogP) is 2.63. The summed E-state index contributed by atoms with van der Waals surface area (Å²) in [5.74, 6) is 0.300. The zero-order chi connectivity index (χ0) is 17.1. The van der Waals surface area contributed by atoms with E-state index >= 15 is 0 Å². The number of carbonyl (C=O) groups excluding carboxylic acids is 1. The van der Waals surface area contributed by atoms with Crippen LogP contribution in [0.25, 0.3) is 0 Å². The smallest absolute Gasteiger partial charge is 0.306 e. The maximum Gasteiger partial charge on any atom is 0.306 e. The van der Waals surface area contributed by atoms with Gasteiger partial charge < -0.3 is 19.2 Å². The number of carboxylic acids is 1. The van der Waals surface area contributed by atoms with Crippen molar-refractivity contribution in [1.29, 1.82) is 0 Å². The van der Waals surface area contributed by atoms with Crippen LogP contribution < -0.4 is 0 Å². The fourth-order valence-corrected chi connectivity index (χ4v) is 3.74. The van der Waals surface area contributed by atoms with Crippen molar-refractivity contribution in [1.82, 2.24) is 4.90 Å². The Morgan fingerprint density at radius 3 is 2.79 bits per heavy atom. The molecule has 132 valence electrons. The third kappa shape index (κ3) is 3.48. The Morgan fingerprint density at radius 2 is 2.08 bits per heavy atom. The molecule has 0 radical (unpaired) electrons. The van der Waals surface area contributed by atoms with Crippen molar-refractivity contribution in [2.45, 2.75) is 45.1 Å². The molecule has 1 saturated heterocycles. The van der Waals surface area contributed by atoms with E-state index in [0.29, 0.717) is 32.6 Å². The van der Waals surface area contributed by atoms with Crippen LogP contribution in [0.1, 0.15) is 50.2 Å². The highest BCUT2D eigenvalue weighted by Gasteiger charge is 2.38. The first-order valence-corrected chi connectivity index (χ1v) is 8.79. The van der Waals surface area contributed by atoms with E-state index in [1.807, 2.05) is 24.0 Å². The summed E-state index contributed by atoms with van der Waals surface area (Å²) in [5, 5.41) is 9.25. The van der Waals surface area contributed by atoms with Gasteiger partial charge in [-0.1, -0.05) is 13.3 Å². The number of nitrogens with zero attached hydrogens (tertiary/aromatic N) is 1. The first kappa shape index (κ1) is 17.0. The Labute approximate surface area is 141 Å². The van der Waals surface area contributed by atoms with Crippen LogP contribution in [0.4, 0.5) is 0 Å². The topological polar surface area (TPSA) is 80.0 Å². The first-order valence-electron chi connectivity index (χ1n) is 8.79. The molecule has 1 aliphatic heterocycles. The van der Waals surface area contributed by atoms with Gasteiger partial charge in [0.05, 0.1) is 19.1 Å². The molecule has 3 unspecified atom stereocenters. The summed E-state index contributed by atoms with van der Waals surface area (Å²) in [6, 6.07) is 3.64. The van der Waals surface area contributed by atoms with Gasteiger partial charge in [0.1, 0.15) is 17.6 Å². The van der Waals surface area contributed by atoms with E-state index in [9.17, 15) is 14.7 Å². The van der Waals surface area contributed by atoms with Crippen LogP contribution in [0.5, 0.6) is 0 Å².